The Hall–Kier alpha value is -2.52. The molecular weight excluding hydrogens is 374 g/mol. The minimum atomic E-state index is -0.370. The summed E-state index contributed by atoms with van der Waals surface area (Å²) in [6.45, 7) is 0. The summed E-state index contributed by atoms with van der Waals surface area (Å²) in [5.74, 6) is 1.03. The number of hydrogen-bond acceptors (Lipinski definition) is 5. The molecule has 0 aliphatic rings. The third-order valence-corrected chi connectivity index (χ3v) is 3.97. The highest BCUT2D eigenvalue weighted by Gasteiger charge is 2.12. The zero-order chi connectivity index (χ0) is 17.5. The average Bonchev–Trinajstić information content (AvgIpc) is 2.60. The summed E-state index contributed by atoms with van der Waals surface area (Å²) in [6, 6.07) is 12.3. The van der Waals surface area contributed by atoms with Gasteiger partial charge in [-0.3, -0.25) is 4.79 Å². The molecule has 0 heterocycles. The van der Waals surface area contributed by atoms with Crippen LogP contribution in [0.3, 0.4) is 0 Å². The number of carbonyl (C=O) groups is 1. The van der Waals surface area contributed by atoms with Crippen molar-refractivity contribution in [3.8, 4) is 23.3 Å². The Bertz CT molecular complexity index is 783. The molecule has 5 nitrogen and oxygen atoms in total. The highest BCUT2D eigenvalue weighted by atomic mass is 79.9. The molecular formula is C18H16BrNO4. The predicted molar refractivity (Wildman–Crippen MR) is 92.4 cm³/mol. The minimum Gasteiger partial charge on any atom is -0.496 e. The van der Waals surface area contributed by atoms with Crippen molar-refractivity contribution in [1.82, 2.24) is 0 Å². The lowest BCUT2D eigenvalue weighted by Gasteiger charge is -2.10. The number of halogens is 1. The van der Waals surface area contributed by atoms with Gasteiger partial charge < -0.3 is 14.2 Å². The topological polar surface area (TPSA) is 68.5 Å². The van der Waals surface area contributed by atoms with Crippen LogP contribution in [-0.4, -0.2) is 20.2 Å². The van der Waals surface area contributed by atoms with Crippen LogP contribution in [0, 0.1) is 11.3 Å². The molecule has 0 fully saturated rings. The van der Waals surface area contributed by atoms with Crippen molar-refractivity contribution in [3.63, 3.8) is 0 Å². The summed E-state index contributed by atoms with van der Waals surface area (Å²) >= 11 is 3.42. The van der Waals surface area contributed by atoms with Gasteiger partial charge in [0.15, 0.2) is 11.5 Å². The number of rotatable bonds is 6. The van der Waals surface area contributed by atoms with E-state index < -0.39 is 0 Å². The Labute approximate surface area is 148 Å². The molecule has 0 N–H and O–H groups in total. The quantitative estimate of drug-likeness (QED) is 0.553. The number of carbonyl (C=O) groups excluding carboxylic acids is 1. The van der Waals surface area contributed by atoms with Crippen molar-refractivity contribution < 1.29 is 19.0 Å². The zero-order valence-corrected chi connectivity index (χ0v) is 14.9. The predicted octanol–water partition coefficient (Wildman–Crippen LogP) is 3.88. The molecule has 2 aromatic carbocycles. The maximum atomic E-state index is 12.0. The van der Waals surface area contributed by atoms with E-state index >= 15 is 0 Å². The van der Waals surface area contributed by atoms with Crippen LogP contribution < -0.4 is 14.2 Å². The SMILES string of the molecule is COc1ccc(CCC(=O)Oc2ccc(C#N)cc2OC)cc1Br. The first-order valence-corrected chi connectivity index (χ1v) is 7.98. The van der Waals surface area contributed by atoms with Gasteiger partial charge in [0.05, 0.1) is 30.3 Å². The summed E-state index contributed by atoms with van der Waals surface area (Å²) in [5.41, 5.74) is 1.43. The molecule has 0 aliphatic heterocycles. The summed E-state index contributed by atoms with van der Waals surface area (Å²) in [4.78, 5) is 12.0. The van der Waals surface area contributed by atoms with E-state index in [0.717, 1.165) is 15.8 Å². The first-order valence-electron chi connectivity index (χ1n) is 7.18. The Morgan fingerprint density at radius 1 is 1.08 bits per heavy atom. The Balaban J connectivity index is 1.99. The summed E-state index contributed by atoms with van der Waals surface area (Å²) < 4.78 is 16.5. The molecule has 2 rings (SSSR count). The maximum absolute atomic E-state index is 12.0. The molecule has 0 bridgehead atoms. The van der Waals surface area contributed by atoms with E-state index in [9.17, 15) is 4.79 Å². The van der Waals surface area contributed by atoms with E-state index in [1.165, 1.54) is 13.2 Å². The van der Waals surface area contributed by atoms with Crippen LogP contribution in [0.4, 0.5) is 0 Å². The molecule has 2 aromatic rings. The lowest BCUT2D eigenvalue weighted by atomic mass is 10.1. The third-order valence-electron chi connectivity index (χ3n) is 3.35. The second kappa shape index (κ2) is 8.37. The number of benzene rings is 2. The van der Waals surface area contributed by atoms with Crippen LogP contribution in [0.1, 0.15) is 17.5 Å². The van der Waals surface area contributed by atoms with Crippen molar-refractivity contribution in [1.29, 1.82) is 5.26 Å². The largest absolute Gasteiger partial charge is 0.496 e. The third kappa shape index (κ3) is 4.49. The van der Waals surface area contributed by atoms with Gasteiger partial charge >= 0.3 is 5.97 Å². The number of hydrogen-bond donors (Lipinski definition) is 0. The van der Waals surface area contributed by atoms with Gasteiger partial charge in [-0.1, -0.05) is 6.07 Å². The van der Waals surface area contributed by atoms with Gasteiger partial charge in [-0.2, -0.15) is 5.26 Å². The van der Waals surface area contributed by atoms with Gasteiger partial charge in [-0.05, 0) is 52.2 Å². The number of nitriles is 1. The molecule has 0 aromatic heterocycles. The molecule has 0 saturated heterocycles. The van der Waals surface area contributed by atoms with E-state index in [-0.39, 0.29) is 12.4 Å². The molecule has 24 heavy (non-hydrogen) atoms. The molecule has 0 aliphatic carbocycles. The first kappa shape index (κ1) is 17.8. The van der Waals surface area contributed by atoms with Crippen molar-refractivity contribution in [2.45, 2.75) is 12.8 Å². The molecule has 0 radical (unpaired) electrons. The van der Waals surface area contributed by atoms with Crippen LogP contribution in [0.5, 0.6) is 17.2 Å². The molecule has 124 valence electrons. The Morgan fingerprint density at radius 3 is 2.42 bits per heavy atom. The lowest BCUT2D eigenvalue weighted by Crippen LogP contribution is -2.10. The average molecular weight is 390 g/mol. The number of methoxy groups -OCH3 is 2. The van der Waals surface area contributed by atoms with Gasteiger partial charge in [0.25, 0.3) is 0 Å². The lowest BCUT2D eigenvalue weighted by molar-refractivity contribution is -0.134. The summed E-state index contributed by atoms with van der Waals surface area (Å²) in [7, 11) is 3.06. The van der Waals surface area contributed by atoms with Crippen molar-refractivity contribution >= 4 is 21.9 Å². The highest BCUT2D eigenvalue weighted by molar-refractivity contribution is 9.10. The number of nitrogens with zero attached hydrogens (tertiary/aromatic N) is 1. The number of aryl methyl sites for hydroxylation is 1. The molecule has 0 amide bonds. The Kier molecular flexibility index (Phi) is 6.21. The van der Waals surface area contributed by atoms with Crippen molar-refractivity contribution in [3.05, 3.63) is 52.0 Å². The number of esters is 1. The van der Waals surface area contributed by atoms with Gasteiger partial charge in [0.2, 0.25) is 0 Å². The second-order valence-corrected chi connectivity index (χ2v) is 5.77. The zero-order valence-electron chi connectivity index (χ0n) is 13.3. The van der Waals surface area contributed by atoms with E-state index in [1.807, 2.05) is 24.3 Å². The van der Waals surface area contributed by atoms with E-state index in [4.69, 9.17) is 19.5 Å². The van der Waals surface area contributed by atoms with E-state index in [0.29, 0.717) is 23.5 Å². The highest BCUT2D eigenvalue weighted by Crippen LogP contribution is 2.29. The second-order valence-electron chi connectivity index (χ2n) is 4.92. The van der Waals surface area contributed by atoms with Gasteiger partial charge in [-0.25, -0.2) is 0 Å². The van der Waals surface area contributed by atoms with Crippen molar-refractivity contribution in [2.24, 2.45) is 0 Å². The first-order chi connectivity index (χ1) is 11.6. The van der Waals surface area contributed by atoms with E-state index in [1.54, 1.807) is 19.2 Å². The van der Waals surface area contributed by atoms with Crippen LogP contribution >= 0.6 is 15.9 Å². The van der Waals surface area contributed by atoms with Crippen LogP contribution in [0.15, 0.2) is 40.9 Å². The minimum absolute atomic E-state index is 0.224. The van der Waals surface area contributed by atoms with Crippen LogP contribution in [-0.2, 0) is 11.2 Å². The van der Waals surface area contributed by atoms with Gasteiger partial charge in [-0.15, -0.1) is 0 Å². The summed E-state index contributed by atoms with van der Waals surface area (Å²) in [6.07, 6.45) is 0.766. The monoisotopic (exact) mass is 389 g/mol. The van der Waals surface area contributed by atoms with Gasteiger partial charge in [0.1, 0.15) is 5.75 Å². The molecule has 0 atom stereocenters. The molecule has 6 heteroatoms. The van der Waals surface area contributed by atoms with Crippen LogP contribution in [0.2, 0.25) is 0 Å². The maximum Gasteiger partial charge on any atom is 0.311 e. The fourth-order valence-electron chi connectivity index (χ4n) is 2.11. The molecule has 0 saturated carbocycles. The summed E-state index contributed by atoms with van der Waals surface area (Å²) in [5, 5.41) is 8.87. The fraction of sp³-hybridized carbons (Fsp3) is 0.222. The van der Waals surface area contributed by atoms with Crippen molar-refractivity contribution in [2.75, 3.05) is 14.2 Å². The van der Waals surface area contributed by atoms with Crippen LogP contribution in [0.25, 0.3) is 0 Å². The Morgan fingerprint density at radius 2 is 1.79 bits per heavy atom. The molecule has 0 spiro atoms. The fourth-order valence-corrected chi connectivity index (χ4v) is 2.69. The van der Waals surface area contributed by atoms with E-state index in [2.05, 4.69) is 15.9 Å². The normalized spacial score (nSPS) is 9.92. The number of ether oxygens (including phenoxy) is 3. The molecule has 0 unspecified atom stereocenters. The standard InChI is InChI=1S/C18H16BrNO4/c1-22-15-6-3-12(9-14(15)19)5-8-18(21)24-16-7-4-13(11-20)10-17(16)23-2/h3-4,6-7,9-10H,5,8H2,1-2H3. The van der Waals surface area contributed by atoms with Gasteiger partial charge in [0, 0.05) is 12.5 Å². The smallest absolute Gasteiger partial charge is 0.311 e.